The zero-order valence-electron chi connectivity index (χ0n) is 14.6. The maximum atomic E-state index is 13.1. The highest BCUT2D eigenvalue weighted by Gasteiger charge is 2.35. The van der Waals surface area contributed by atoms with Gasteiger partial charge in [-0.05, 0) is 42.7 Å². The van der Waals surface area contributed by atoms with Gasteiger partial charge in [0.2, 0.25) is 0 Å². The first-order valence-corrected chi connectivity index (χ1v) is 10.4. The molecule has 5 nitrogen and oxygen atoms in total. The maximum Gasteiger partial charge on any atom is 0.254 e. The largest absolute Gasteiger partial charge is 0.334 e. The van der Waals surface area contributed by atoms with Gasteiger partial charge in [0.15, 0.2) is 9.84 Å². The van der Waals surface area contributed by atoms with Crippen molar-refractivity contribution in [3.63, 3.8) is 0 Å². The second-order valence-corrected chi connectivity index (χ2v) is 9.28. The molecule has 134 valence electrons. The molecule has 1 aliphatic heterocycles. The molecule has 1 fully saturated rings. The van der Waals surface area contributed by atoms with Crippen LogP contribution in [0.3, 0.4) is 0 Å². The van der Waals surface area contributed by atoms with Crippen molar-refractivity contribution in [1.82, 2.24) is 9.47 Å². The van der Waals surface area contributed by atoms with Gasteiger partial charge in [0.05, 0.1) is 11.5 Å². The lowest BCUT2D eigenvalue weighted by molar-refractivity contribution is 0.0672. The third-order valence-electron chi connectivity index (χ3n) is 4.47. The first-order valence-electron chi connectivity index (χ1n) is 8.60. The Morgan fingerprint density at radius 1 is 1.24 bits per heavy atom. The molecule has 1 aromatic carbocycles. The fourth-order valence-corrected chi connectivity index (χ4v) is 5.02. The van der Waals surface area contributed by atoms with Crippen LogP contribution in [0, 0.1) is 5.92 Å². The Bertz CT molecular complexity index is 841. The molecule has 0 radical (unpaired) electrons. The molecule has 25 heavy (non-hydrogen) atoms. The predicted octanol–water partition coefficient (Wildman–Crippen LogP) is 2.76. The number of carbonyl (C=O) groups is 1. The Labute approximate surface area is 149 Å². The molecular weight excluding hydrogens is 336 g/mol. The standard InChI is InChI=1S/C19H24N2O3S/c1-15(2)13-21(18-8-11-25(23,24)14-18)19(22)16-6-5-7-17(12-16)20-9-3-4-10-20/h3-7,9-10,12,15,18H,8,11,13-14H2,1-2H3. The minimum absolute atomic E-state index is 0.0722. The number of hydrogen-bond acceptors (Lipinski definition) is 3. The zero-order valence-corrected chi connectivity index (χ0v) is 15.4. The van der Waals surface area contributed by atoms with Gasteiger partial charge in [-0.2, -0.15) is 0 Å². The number of hydrogen-bond donors (Lipinski definition) is 0. The van der Waals surface area contributed by atoms with Gasteiger partial charge in [-0.3, -0.25) is 4.79 Å². The average Bonchev–Trinajstić information content (AvgIpc) is 3.21. The highest BCUT2D eigenvalue weighted by atomic mass is 32.2. The predicted molar refractivity (Wildman–Crippen MR) is 98.7 cm³/mol. The summed E-state index contributed by atoms with van der Waals surface area (Å²) >= 11 is 0. The normalized spacial score (nSPS) is 19.2. The molecule has 1 aromatic heterocycles. The third kappa shape index (κ3) is 4.12. The van der Waals surface area contributed by atoms with Gasteiger partial charge in [0.1, 0.15) is 0 Å². The van der Waals surface area contributed by atoms with Gasteiger partial charge in [-0.15, -0.1) is 0 Å². The lowest BCUT2D eigenvalue weighted by Gasteiger charge is -2.30. The molecule has 2 heterocycles. The highest BCUT2D eigenvalue weighted by molar-refractivity contribution is 7.91. The van der Waals surface area contributed by atoms with Crippen LogP contribution in [0.4, 0.5) is 0 Å². The fourth-order valence-electron chi connectivity index (χ4n) is 3.28. The Kier molecular flexibility index (Phi) is 4.99. The average molecular weight is 360 g/mol. The summed E-state index contributed by atoms with van der Waals surface area (Å²) in [6, 6.07) is 11.1. The fraction of sp³-hybridized carbons (Fsp3) is 0.421. The molecule has 0 N–H and O–H groups in total. The number of sulfone groups is 1. The first-order chi connectivity index (χ1) is 11.9. The Hall–Kier alpha value is -2.08. The van der Waals surface area contributed by atoms with Gasteiger partial charge in [-0.1, -0.05) is 19.9 Å². The summed E-state index contributed by atoms with van der Waals surface area (Å²) in [7, 11) is -3.03. The van der Waals surface area contributed by atoms with Crippen LogP contribution in [0.2, 0.25) is 0 Å². The van der Waals surface area contributed by atoms with E-state index in [4.69, 9.17) is 0 Å². The van der Waals surface area contributed by atoms with E-state index in [1.165, 1.54) is 0 Å². The van der Waals surface area contributed by atoms with E-state index in [0.717, 1.165) is 5.69 Å². The summed E-state index contributed by atoms with van der Waals surface area (Å²) in [5.74, 6) is 0.427. The summed E-state index contributed by atoms with van der Waals surface area (Å²) in [6.07, 6.45) is 4.39. The van der Waals surface area contributed by atoms with E-state index in [9.17, 15) is 13.2 Å². The van der Waals surface area contributed by atoms with E-state index in [2.05, 4.69) is 0 Å². The third-order valence-corrected chi connectivity index (χ3v) is 6.22. The van der Waals surface area contributed by atoms with Crippen LogP contribution in [0.25, 0.3) is 5.69 Å². The smallest absolute Gasteiger partial charge is 0.254 e. The molecule has 1 amide bonds. The SMILES string of the molecule is CC(C)CN(C(=O)c1cccc(-n2cccc2)c1)C1CCS(=O)(=O)C1. The quantitative estimate of drug-likeness (QED) is 0.824. The monoisotopic (exact) mass is 360 g/mol. The van der Waals surface area contributed by atoms with Crippen molar-refractivity contribution in [2.75, 3.05) is 18.1 Å². The van der Waals surface area contributed by atoms with Crippen LogP contribution in [0.5, 0.6) is 0 Å². The second kappa shape index (κ2) is 7.04. The van der Waals surface area contributed by atoms with Crippen LogP contribution in [0.1, 0.15) is 30.6 Å². The summed E-state index contributed by atoms with van der Waals surface area (Å²) in [6.45, 7) is 4.65. The Balaban J connectivity index is 1.88. The number of rotatable bonds is 5. The molecule has 1 saturated heterocycles. The van der Waals surface area contributed by atoms with E-state index in [1.807, 2.05) is 61.1 Å². The van der Waals surface area contributed by atoms with Crippen molar-refractivity contribution in [1.29, 1.82) is 0 Å². The lowest BCUT2D eigenvalue weighted by atomic mass is 10.1. The topological polar surface area (TPSA) is 59.4 Å². The minimum Gasteiger partial charge on any atom is -0.334 e. The highest BCUT2D eigenvalue weighted by Crippen LogP contribution is 2.22. The number of benzene rings is 1. The van der Waals surface area contributed by atoms with Crippen molar-refractivity contribution in [3.8, 4) is 5.69 Å². The van der Waals surface area contributed by atoms with Gasteiger partial charge < -0.3 is 9.47 Å². The van der Waals surface area contributed by atoms with E-state index in [0.29, 0.717) is 18.5 Å². The van der Waals surface area contributed by atoms with Crippen molar-refractivity contribution in [2.24, 2.45) is 5.92 Å². The van der Waals surface area contributed by atoms with Crippen molar-refractivity contribution in [2.45, 2.75) is 26.3 Å². The lowest BCUT2D eigenvalue weighted by Crippen LogP contribution is -2.43. The van der Waals surface area contributed by atoms with E-state index >= 15 is 0 Å². The van der Waals surface area contributed by atoms with E-state index in [-0.39, 0.29) is 29.4 Å². The Morgan fingerprint density at radius 2 is 1.96 bits per heavy atom. The molecular formula is C19H24N2O3S. The number of nitrogens with zero attached hydrogens (tertiary/aromatic N) is 2. The molecule has 6 heteroatoms. The summed E-state index contributed by atoms with van der Waals surface area (Å²) in [4.78, 5) is 14.9. The number of aromatic nitrogens is 1. The zero-order chi connectivity index (χ0) is 18.0. The molecule has 3 rings (SSSR count). The van der Waals surface area contributed by atoms with Crippen LogP contribution in [-0.4, -0.2) is 47.9 Å². The molecule has 0 bridgehead atoms. The maximum absolute atomic E-state index is 13.1. The summed E-state index contributed by atoms with van der Waals surface area (Å²) in [5, 5.41) is 0. The first kappa shape index (κ1) is 17.7. The van der Waals surface area contributed by atoms with E-state index in [1.54, 1.807) is 11.0 Å². The summed E-state index contributed by atoms with van der Waals surface area (Å²) < 4.78 is 25.7. The van der Waals surface area contributed by atoms with E-state index < -0.39 is 9.84 Å². The Morgan fingerprint density at radius 3 is 2.56 bits per heavy atom. The van der Waals surface area contributed by atoms with Gasteiger partial charge >= 0.3 is 0 Å². The number of carbonyl (C=O) groups excluding carboxylic acids is 1. The molecule has 1 unspecified atom stereocenters. The van der Waals surface area contributed by atoms with Crippen molar-refractivity contribution < 1.29 is 13.2 Å². The molecule has 0 saturated carbocycles. The van der Waals surface area contributed by atoms with Crippen LogP contribution >= 0.6 is 0 Å². The van der Waals surface area contributed by atoms with Gasteiger partial charge in [0.25, 0.3) is 5.91 Å². The molecule has 0 spiro atoms. The molecule has 2 aromatic rings. The van der Waals surface area contributed by atoms with Gasteiger partial charge in [0, 0.05) is 36.2 Å². The van der Waals surface area contributed by atoms with Crippen LogP contribution < -0.4 is 0 Å². The van der Waals surface area contributed by atoms with Crippen LogP contribution in [-0.2, 0) is 9.84 Å². The number of amides is 1. The minimum atomic E-state index is -3.03. The molecule has 1 aliphatic rings. The van der Waals surface area contributed by atoms with Gasteiger partial charge in [-0.25, -0.2) is 8.42 Å². The van der Waals surface area contributed by atoms with Crippen LogP contribution in [0.15, 0.2) is 48.8 Å². The molecule has 1 atom stereocenters. The van der Waals surface area contributed by atoms with Crippen molar-refractivity contribution in [3.05, 3.63) is 54.4 Å². The summed E-state index contributed by atoms with van der Waals surface area (Å²) in [5.41, 5.74) is 1.51. The van der Waals surface area contributed by atoms with Crippen molar-refractivity contribution >= 4 is 15.7 Å². The molecule has 0 aliphatic carbocycles. The second-order valence-electron chi connectivity index (χ2n) is 7.05.